The fourth-order valence-electron chi connectivity index (χ4n) is 3.85. The number of hydrogen-bond acceptors (Lipinski definition) is 4. The largest absolute Gasteiger partial charge is 0.491 e. The van der Waals surface area contributed by atoms with Gasteiger partial charge in [0.15, 0.2) is 0 Å². The summed E-state index contributed by atoms with van der Waals surface area (Å²) in [6.07, 6.45) is 2.20. The molecule has 5 nitrogen and oxygen atoms in total. The highest BCUT2D eigenvalue weighted by Gasteiger charge is 2.33. The van der Waals surface area contributed by atoms with Crippen molar-refractivity contribution in [1.29, 1.82) is 0 Å². The molecule has 1 fully saturated rings. The van der Waals surface area contributed by atoms with Gasteiger partial charge in [0.05, 0.1) is 21.9 Å². The molecule has 8 heteroatoms. The van der Waals surface area contributed by atoms with Crippen LogP contribution in [0.1, 0.15) is 24.8 Å². The number of nitrogens with zero attached hydrogens (tertiary/aromatic N) is 1. The quantitative estimate of drug-likeness (QED) is 0.743. The highest BCUT2D eigenvalue weighted by molar-refractivity contribution is 6.35. The molecule has 3 N–H and O–H groups in total. The van der Waals surface area contributed by atoms with Gasteiger partial charge in [0.1, 0.15) is 18.2 Å². The molecule has 1 amide bonds. The SMILES string of the molecule is NC1(COc2ccc(F)c3c2CCC(=O)N3)CCN(c2cc(Cl)ccc2Cl)CC1. The van der Waals surface area contributed by atoms with E-state index in [2.05, 4.69) is 10.2 Å². The number of benzene rings is 2. The Bertz CT molecular complexity index is 946. The molecule has 4 rings (SSSR count). The van der Waals surface area contributed by atoms with Gasteiger partial charge in [-0.2, -0.15) is 0 Å². The lowest BCUT2D eigenvalue weighted by Crippen LogP contribution is -2.54. The summed E-state index contributed by atoms with van der Waals surface area (Å²) >= 11 is 12.4. The molecule has 1 saturated heterocycles. The van der Waals surface area contributed by atoms with E-state index in [0.29, 0.717) is 40.8 Å². The summed E-state index contributed by atoms with van der Waals surface area (Å²) in [6, 6.07) is 8.35. The van der Waals surface area contributed by atoms with Crippen molar-refractivity contribution in [3.8, 4) is 5.75 Å². The first kappa shape index (κ1) is 20.3. The average molecular weight is 438 g/mol. The van der Waals surface area contributed by atoms with Crippen LogP contribution < -0.4 is 20.7 Å². The van der Waals surface area contributed by atoms with Gasteiger partial charge in [-0.1, -0.05) is 23.2 Å². The number of ether oxygens (including phenoxy) is 1. The van der Waals surface area contributed by atoms with Crippen LogP contribution in [0, 0.1) is 5.82 Å². The van der Waals surface area contributed by atoms with Gasteiger partial charge in [-0.3, -0.25) is 4.79 Å². The molecule has 2 aliphatic heterocycles. The molecular weight excluding hydrogens is 416 g/mol. The Hall–Kier alpha value is -2.02. The second-order valence-electron chi connectivity index (χ2n) is 7.68. The second kappa shape index (κ2) is 8.01. The van der Waals surface area contributed by atoms with Crippen molar-refractivity contribution in [2.45, 2.75) is 31.2 Å². The van der Waals surface area contributed by atoms with Crippen LogP contribution in [-0.2, 0) is 11.2 Å². The first-order chi connectivity index (χ1) is 13.8. The van der Waals surface area contributed by atoms with Gasteiger partial charge in [0.25, 0.3) is 0 Å². The molecule has 0 spiro atoms. The number of anilines is 2. The van der Waals surface area contributed by atoms with Crippen LogP contribution in [0.25, 0.3) is 0 Å². The Kier molecular flexibility index (Phi) is 5.60. The predicted octanol–water partition coefficient (Wildman–Crippen LogP) is 4.39. The molecule has 154 valence electrons. The highest BCUT2D eigenvalue weighted by Crippen LogP contribution is 2.36. The minimum atomic E-state index is -0.499. The standard InChI is InChI=1S/C21H22Cl2FN3O2/c22-13-1-3-15(23)17(11-13)27-9-7-21(25,8-10-27)12-29-18-5-4-16(24)20-14(18)2-6-19(28)26-20/h1,3-5,11H,2,6-10,12,25H2,(H,26,28). The first-order valence-corrected chi connectivity index (χ1v) is 10.3. The number of fused-ring (bicyclic) bond motifs is 1. The summed E-state index contributed by atoms with van der Waals surface area (Å²) in [5.41, 5.74) is 7.91. The smallest absolute Gasteiger partial charge is 0.224 e. The Morgan fingerprint density at radius 1 is 1.17 bits per heavy atom. The maximum absolute atomic E-state index is 14.0. The van der Waals surface area contributed by atoms with E-state index in [1.807, 2.05) is 6.07 Å². The zero-order valence-corrected chi connectivity index (χ0v) is 17.3. The lowest BCUT2D eigenvalue weighted by atomic mass is 9.89. The van der Waals surface area contributed by atoms with Gasteiger partial charge in [-0.05, 0) is 49.6 Å². The van der Waals surface area contributed by atoms with Crippen molar-refractivity contribution in [1.82, 2.24) is 0 Å². The van der Waals surface area contributed by atoms with E-state index in [1.54, 1.807) is 18.2 Å². The monoisotopic (exact) mass is 437 g/mol. The van der Waals surface area contributed by atoms with E-state index < -0.39 is 11.4 Å². The molecule has 0 radical (unpaired) electrons. The predicted molar refractivity (Wildman–Crippen MR) is 114 cm³/mol. The van der Waals surface area contributed by atoms with Crippen LogP contribution in [0.4, 0.5) is 15.8 Å². The van der Waals surface area contributed by atoms with Crippen LogP contribution in [0.15, 0.2) is 30.3 Å². The molecule has 0 aromatic heterocycles. The molecule has 0 saturated carbocycles. The fraction of sp³-hybridized carbons (Fsp3) is 0.381. The minimum Gasteiger partial charge on any atom is -0.491 e. The lowest BCUT2D eigenvalue weighted by Gasteiger charge is -2.40. The van der Waals surface area contributed by atoms with Crippen LogP contribution in [-0.4, -0.2) is 31.1 Å². The Morgan fingerprint density at radius 3 is 2.69 bits per heavy atom. The highest BCUT2D eigenvalue weighted by atomic mass is 35.5. The van der Waals surface area contributed by atoms with Gasteiger partial charge >= 0.3 is 0 Å². The molecule has 2 heterocycles. The maximum atomic E-state index is 14.0. The number of carbonyl (C=O) groups excluding carboxylic acids is 1. The van der Waals surface area contributed by atoms with E-state index in [1.165, 1.54) is 6.07 Å². The number of carbonyl (C=O) groups is 1. The van der Waals surface area contributed by atoms with E-state index in [-0.39, 0.29) is 11.6 Å². The number of nitrogens with two attached hydrogens (primary N) is 1. The van der Waals surface area contributed by atoms with E-state index in [4.69, 9.17) is 33.7 Å². The van der Waals surface area contributed by atoms with Crippen LogP contribution in [0.2, 0.25) is 10.0 Å². The van der Waals surface area contributed by atoms with Gasteiger partial charge < -0.3 is 20.7 Å². The molecule has 2 aromatic carbocycles. The maximum Gasteiger partial charge on any atom is 0.224 e. The van der Waals surface area contributed by atoms with Gasteiger partial charge in [0.2, 0.25) is 5.91 Å². The lowest BCUT2D eigenvalue weighted by molar-refractivity contribution is -0.116. The summed E-state index contributed by atoms with van der Waals surface area (Å²) in [6.45, 7) is 1.78. The molecule has 0 aliphatic carbocycles. The van der Waals surface area contributed by atoms with Crippen molar-refractivity contribution in [3.63, 3.8) is 0 Å². The molecule has 2 aromatic rings. The number of amides is 1. The first-order valence-electron chi connectivity index (χ1n) is 9.58. The fourth-order valence-corrected chi connectivity index (χ4v) is 4.25. The minimum absolute atomic E-state index is 0.184. The Labute approximate surface area is 178 Å². The Morgan fingerprint density at radius 2 is 1.93 bits per heavy atom. The zero-order valence-electron chi connectivity index (χ0n) is 15.8. The van der Waals surface area contributed by atoms with Crippen LogP contribution in [0.5, 0.6) is 5.75 Å². The molecule has 0 atom stereocenters. The van der Waals surface area contributed by atoms with Crippen LogP contribution >= 0.6 is 23.2 Å². The van der Waals surface area contributed by atoms with E-state index >= 15 is 0 Å². The number of halogens is 3. The van der Waals surface area contributed by atoms with Gasteiger partial charge in [0, 0.05) is 30.1 Å². The van der Waals surface area contributed by atoms with Gasteiger partial charge in [-0.25, -0.2) is 4.39 Å². The summed E-state index contributed by atoms with van der Waals surface area (Å²) in [5, 5.41) is 3.90. The summed E-state index contributed by atoms with van der Waals surface area (Å²) in [7, 11) is 0. The number of nitrogens with one attached hydrogen (secondary N) is 1. The van der Waals surface area contributed by atoms with Crippen molar-refractivity contribution in [2.75, 3.05) is 29.9 Å². The molecule has 29 heavy (non-hydrogen) atoms. The topological polar surface area (TPSA) is 67.6 Å². The average Bonchev–Trinajstić information content (AvgIpc) is 2.70. The van der Waals surface area contributed by atoms with Crippen LogP contribution in [0.3, 0.4) is 0 Å². The molecule has 0 unspecified atom stereocenters. The third-order valence-corrected chi connectivity index (χ3v) is 6.16. The summed E-state index contributed by atoms with van der Waals surface area (Å²) in [5.74, 6) is -0.0583. The number of rotatable bonds is 4. The molecule has 0 bridgehead atoms. The van der Waals surface area contributed by atoms with Crippen molar-refractivity contribution in [2.24, 2.45) is 5.73 Å². The molecule has 2 aliphatic rings. The summed E-state index contributed by atoms with van der Waals surface area (Å²) < 4.78 is 20.1. The van der Waals surface area contributed by atoms with E-state index in [9.17, 15) is 9.18 Å². The summed E-state index contributed by atoms with van der Waals surface area (Å²) in [4.78, 5) is 13.8. The van der Waals surface area contributed by atoms with Gasteiger partial charge in [-0.15, -0.1) is 0 Å². The van der Waals surface area contributed by atoms with E-state index in [0.717, 1.165) is 31.6 Å². The molecular formula is C21H22Cl2FN3O2. The van der Waals surface area contributed by atoms with Crippen molar-refractivity contribution in [3.05, 3.63) is 51.8 Å². The third-order valence-electron chi connectivity index (χ3n) is 5.61. The zero-order chi connectivity index (χ0) is 20.6. The third kappa shape index (κ3) is 4.29. The number of hydrogen-bond donors (Lipinski definition) is 2. The second-order valence-corrected chi connectivity index (χ2v) is 8.52. The Balaban J connectivity index is 1.42. The number of piperidine rings is 1. The van der Waals surface area contributed by atoms with Crippen molar-refractivity contribution < 1.29 is 13.9 Å². The van der Waals surface area contributed by atoms with Crippen molar-refractivity contribution >= 4 is 40.5 Å². The normalized spacial score (nSPS) is 18.2.